The van der Waals surface area contributed by atoms with Crippen LogP contribution in [-0.2, 0) is 0 Å². The zero-order valence-corrected chi connectivity index (χ0v) is 12.5. The molecule has 7 heteroatoms. The molecule has 4 N–H and O–H groups in total. The number of aromatic nitrogens is 2. The Morgan fingerprint density at radius 1 is 1.42 bits per heavy atom. The lowest BCUT2D eigenvalue weighted by Crippen LogP contribution is -2.31. The van der Waals surface area contributed by atoms with Crippen molar-refractivity contribution in [2.45, 2.75) is 19.9 Å². The highest BCUT2D eigenvalue weighted by Gasteiger charge is 2.11. The van der Waals surface area contributed by atoms with E-state index in [4.69, 9.17) is 5.84 Å². The van der Waals surface area contributed by atoms with Crippen LogP contribution in [-0.4, -0.2) is 41.5 Å². The van der Waals surface area contributed by atoms with Crippen molar-refractivity contribution in [2.24, 2.45) is 5.84 Å². The van der Waals surface area contributed by atoms with Crippen LogP contribution in [0.4, 0.5) is 11.8 Å². The van der Waals surface area contributed by atoms with Crippen LogP contribution in [0.1, 0.15) is 11.8 Å². The average Bonchev–Trinajstić information content (AvgIpc) is 2.75. The SMILES string of the molecule is Cc1cc2c(NCC(C)N(C)C)nc(NN)nc2s1. The summed E-state index contributed by atoms with van der Waals surface area (Å²) in [6, 6.07) is 2.52. The molecule has 6 nitrogen and oxygen atoms in total. The molecule has 0 fully saturated rings. The second kappa shape index (κ2) is 5.68. The van der Waals surface area contributed by atoms with Gasteiger partial charge in [-0.15, -0.1) is 11.3 Å². The van der Waals surface area contributed by atoms with Gasteiger partial charge in [0.25, 0.3) is 0 Å². The van der Waals surface area contributed by atoms with Gasteiger partial charge >= 0.3 is 0 Å². The van der Waals surface area contributed by atoms with Crippen molar-refractivity contribution in [1.82, 2.24) is 14.9 Å². The number of likely N-dealkylation sites (N-methyl/N-ethyl adjacent to an activating group) is 1. The first-order valence-electron chi connectivity index (χ1n) is 6.16. The van der Waals surface area contributed by atoms with E-state index in [1.54, 1.807) is 11.3 Å². The van der Waals surface area contributed by atoms with E-state index >= 15 is 0 Å². The summed E-state index contributed by atoms with van der Waals surface area (Å²) in [5.41, 5.74) is 2.51. The first kappa shape index (κ1) is 14.0. The van der Waals surface area contributed by atoms with Gasteiger partial charge < -0.3 is 10.2 Å². The molecule has 1 unspecified atom stereocenters. The van der Waals surface area contributed by atoms with E-state index in [0.29, 0.717) is 12.0 Å². The van der Waals surface area contributed by atoms with Gasteiger partial charge in [-0.2, -0.15) is 4.98 Å². The van der Waals surface area contributed by atoms with Crippen molar-refractivity contribution in [1.29, 1.82) is 0 Å². The Morgan fingerprint density at radius 3 is 2.79 bits per heavy atom. The van der Waals surface area contributed by atoms with Crippen LogP contribution in [0.5, 0.6) is 0 Å². The van der Waals surface area contributed by atoms with E-state index in [-0.39, 0.29) is 0 Å². The first-order valence-corrected chi connectivity index (χ1v) is 6.98. The highest BCUT2D eigenvalue weighted by Crippen LogP contribution is 2.29. The fourth-order valence-corrected chi connectivity index (χ4v) is 2.55. The number of fused-ring (bicyclic) bond motifs is 1. The third kappa shape index (κ3) is 3.12. The second-order valence-electron chi connectivity index (χ2n) is 4.81. The quantitative estimate of drug-likeness (QED) is 0.571. The smallest absolute Gasteiger partial charge is 0.240 e. The minimum Gasteiger partial charge on any atom is -0.368 e. The molecule has 19 heavy (non-hydrogen) atoms. The lowest BCUT2D eigenvalue weighted by atomic mass is 10.3. The van der Waals surface area contributed by atoms with Crippen molar-refractivity contribution in [3.05, 3.63) is 10.9 Å². The molecule has 0 saturated heterocycles. The van der Waals surface area contributed by atoms with Gasteiger partial charge in [0, 0.05) is 17.5 Å². The molecule has 2 heterocycles. The summed E-state index contributed by atoms with van der Waals surface area (Å²) >= 11 is 1.64. The van der Waals surface area contributed by atoms with Crippen molar-refractivity contribution in [2.75, 3.05) is 31.4 Å². The van der Waals surface area contributed by atoms with Gasteiger partial charge in [0.05, 0.1) is 5.39 Å². The fourth-order valence-electron chi connectivity index (χ4n) is 1.67. The van der Waals surface area contributed by atoms with E-state index < -0.39 is 0 Å². The molecule has 104 valence electrons. The molecule has 2 aromatic heterocycles. The summed E-state index contributed by atoms with van der Waals surface area (Å²) < 4.78 is 0. The number of nitrogens with one attached hydrogen (secondary N) is 2. The predicted molar refractivity (Wildman–Crippen MR) is 81.6 cm³/mol. The Kier molecular flexibility index (Phi) is 4.18. The van der Waals surface area contributed by atoms with Gasteiger partial charge in [-0.1, -0.05) is 0 Å². The zero-order valence-electron chi connectivity index (χ0n) is 11.7. The van der Waals surface area contributed by atoms with Crippen LogP contribution >= 0.6 is 11.3 Å². The van der Waals surface area contributed by atoms with Gasteiger partial charge in [0.2, 0.25) is 5.95 Å². The monoisotopic (exact) mass is 280 g/mol. The van der Waals surface area contributed by atoms with Gasteiger partial charge in [-0.05, 0) is 34.0 Å². The summed E-state index contributed by atoms with van der Waals surface area (Å²) in [6.07, 6.45) is 0. The summed E-state index contributed by atoms with van der Waals surface area (Å²) in [5, 5.41) is 4.42. The van der Waals surface area contributed by atoms with E-state index in [2.05, 4.69) is 59.6 Å². The Hall–Kier alpha value is -1.44. The molecule has 0 spiro atoms. The average molecular weight is 280 g/mol. The standard InChI is InChI=1S/C12H20N6S/c1-7(18(3)4)6-14-10-9-5-8(2)19-11(9)16-12(15-10)17-13/h5,7H,6,13H2,1-4H3,(H2,14,15,16,17). The largest absolute Gasteiger partial charge is 0.368 e. The summed E-state index contributed by atoms with van der Waals surface area (Å²) in [4.78, 5) is 13.1. The van der Waals surface area contributed by atoms with Crippen LogP contribution < -0.4 is 16.6 Å². The van der Waals surface area contributed by atoms with E-state index in [9.17, 15) is 0 Å². The summed E-state index contributed by atoms with van der Waals surface area (Å²) in [5.74, 6) is 6.68. The number of aryl methyl sites for hydroxylation is 1. The third-order valence-corrected chi connectivity index (χ3v) is 4.04. The Balaban J connectivity index is 2.29. The molecule has 0 aliphatic heterocycles. The van der Waals surface area contributed by atoms with Gasteiger partial charge in [-0.3, -0.25) is 5.43 Å². The molecule has 0 radical (unpaired) electrons. The molecule has 2 rings (SSSR count). The normalized spacial score (nSPS) is 12.9. The Morgan fingerprint density at radius 2 is 2.16 bits per heavy atom. The topological polar surface area (TPSA) is 79.1 Å². The Bertz CT molecular complexity index is 565. The van der Waals surface area contributed by atoms with Crippen LogP contribution in [0, 0.1) is 6.92 Å². The van der Waals surface area contributed by atoms with Gasteiger partial charge in [0.15, 0.2) is 0 Å². The van der Waals surface area contributed by atoms with Crippen molar-refractivity contribution in [3.8, 4) is 0 Å². The molecule has 1 atom stereocenters. The maximum absolute atomic E-state index is 5.41. The maximum atomic E-state index is 5.41. The van der Waals surface area contributed by atoms with E-state index in [0.717, 1.165) is 22.6 Å². The van der Waals surface area contributed by atoms with Crippen molar-refractivity contribution >= 4 is 33.3 Å². The summed E-state index contributed by atoms with van der Waals surface area (Å²) in [7, 11) is 4.12. The molecule has 2 aromatic rings. The number of hydrogen-bond donors (Lipinski definition) is 3. The molecular formula is C12H20N6S. The molecule has 0 amide bonds. The molecule has 0 bridgehead atoms. The number of hydrogen-bond acceptors (Lipinski definition) is 7. The number of thiophene rings is 1. The lowest BCUT2D eigenvalue weighted by molar-refractivity contribution is 0.326. The Labute approximate surface area is 117 Å². The molecule has 0 aromatic carbocycles. The number of rotatable bonds is 5. The van der Waals surface area contributed by atoms with Crippen molar-refractivity contribution in [3.63, 3.8) is 0 Å². The van der Waals surface area contributed by atoms with Crippen LogP contribution in [0.2, 0.25) is 0 Å². The number of nitrogen functional groups attached to an aromatic ring is 1. The fraction of sp³-hybridized carbons (Fsp3) is 0.500. The minimum atomic E-state index is 0.416. The number of hydrazine groups is 1. The first-order chi connectivity index (χ1) is 9.01. The number of anilines is 2. The maximum Gasteiger partial charge on any atom is 0.240 e. The number of nitrogens with zero attached hydrogens (tertiary/aromatic N) is 3. The van der Waals surface area contributed by atoms with Crippen molar-refractivity contribution < 1.29 is 0 Å². The summed E-state index contributed by atoms with van der Waals surface area (Å²) in [6.45, 7) is 5.04. The lowest BCUT2D eigenvalue weighted by Gasteiger charge is -2.20. The van der Waals surface area contributed by atoms with Crippen LogP contribution in [0.15, 0.2) is 6.07 Å². The van der Waals surface area contributed by atoms with Gasteiger partial charge in [0.1, 0.15) is 10.6 Å². The van der Waals surface area contributed by atoms with Crippen LogP contribution in [0.3, 0.4) is 0 Å². The molecular weight excluding hydrogens is 260 g/mol. The van der Waals surface area contributed by atoms with Crippen LogP contribution in [0.25, 0.3) is 10.2 Å². The van der Waals surface area contributed by atoms with E-state index in [1.165, 1.54) is 4.88 Å². The number of nitrogens with two attached hydrogens (primary N) is 1. The second-order valence-corrected chi connectivity index (χ2v) is 6.04. The third-order valence-electron chi connectivity index (χ3n) is 3.09. The minimum absolute atomic E-state index is 0.416. The highest BCUT2D eigenvalue weighted by molar-refractivity contribution is 7.18. The van der Waals surface area contributed by atoms with Gasteiger partial charge in [-0.25, -0.2) is 10.8 Å². The zero-order chi connectivity index (χ0) is 14.0. The molecule has 0 aliphatic carbocycles. The highest BCUT2D eigenvalue weighted by atomic mass is 32.1. The van der Waals surface area contributed by atoms with E-state index in [1.807, 2.05) is 0 Å². The predicted octanol–water partition coefficient (Wildman–Crippen LogP) is 1.65. The molecule has 0 aliphatic rings. The molecule has 0 saturated carbocycles.